The molecule has 1 fully saturated rings. The molecule has 2 atom stereocenters. The summed E-state index contributed by atoms with van der Waals surface area (Å²) >= 11 is 0. The molecular formula is C21H24FN3O3. The first kappa shape index (κ1) is 20.0. The Morgan fingerprint density at radius 3 is 2.36 bits per heavy atom. The van der Waals surface area contributed by atoms with Crippen molar-refractivity contribution >= 4 is 23.2 Å². The van der Waals surface area contributed by atoms with E-state index in [1.165, 1.54) is 24.3 Å². The van der Waals surface area contributed by atoms with E-state index < -0.39 is 0 Å². The van der Waals surface area contributed by atoms with E-state index in [1.807, 2.05) is 18.7 Å². The van der Waals surface area contributed by atoms with Gasteiger partial charge in [0.25, 0.3) is 5.91 Å². The molecular weight excluding hydrogens is 361 g/mol. The first-order chi connectivity index (χ1) is 13.4. The Kier molecular flexibility index (Phi) is 6.38. The fraction of sp³-hybridized carbons (Fsp3) is 0.333. The number of anilines is 2. The number of nitrogens with one attached hydrogen (secondary N) is 2. The molecule has 0 aliphatic carbocycles. The molecule has 0 spiro atoms. The summed E-state index contributed by atoms with van der Waals surface area (Å²) in [6.07, 6.45) is 0.149. The SMILES string of the molecule is C[C@@H]1CN(CC(=O)Nc2ccccc2C(=O)Nc2ccc(F)cc2)C[C@H](C)O1. The molecule has 0 bridgehead atoms. The van der Waals surface area contributed by atoms with Gasteiger partial charge in [0.15, 0.2) is 0 Å². The van der Waals surface area contributed by atoms with Crippen molar-refractivity contribution in [1.29, 1.82) is 0 Å². The minimum Gasteiger partial charge on any atom is -0.373 e. The van der Waals surface area contributed by atoms with Crippen molar-refractivity contribution in [1.82, 2.24) is 4.90 Å². The second kappa shape index (κ2) is 8.95. The van der Waals surface area contributed by atoms with Crippen LogP contribution in [0.4, 0.5) is 15.8 Å². The van der Waals surface area contributed by atoms with Crippen molar-refractivity contribution in [2.24, 2.45) is 0 Å². The number of hydrogen-bond donors (Lipinski definition) is 2. The summed E-state index contributed by atoms with van der Waals surface area (Å²) in [5, 5.41) is 5.53. The van der Waals surface area contributed by atoms with E-state index in [9.17, 15) is 14.0 Å². The molecule has 2 aromatic rings. The van der Waals surface area contributed by atoms with E-state index in [1.54, 1.807) is 24.3 Å². The number of para-hydroxylation sites is 1. The number of morpholine rings is 1. The molecule has 2 aromatic carbocycles. The molecule has 2 amide bonds. The number of hydrogen-bond acceptors (Lipinski definition) is 4. The number of rotatable bonds is 5. The quantitative estimate of drug-likeness (QED) is 0.830. The minimum absolute atomic E-state index is 0.0744. The van der Waals surface area contributed by atoms with Crippen LogP contribution in [-0.4, -0.2) is 48.6 Å². The average Bonchev–Trinajstić information content (AvgIpc) is 2.63. The number of ether oxygens (including phenoxy) is 1. The van der Waals surface area contributed by atoms with Gasteiger partial charge in [-0.05, 0) is 50.2 Å². The first-order valence-electron chi connectivity index (χ1n) is 9.24. The summed E-state index contributed by atoms with van der Waals surface area (Å²) in [6.45, 7) is 5.56. The molecule has 1 aliphatic heterocycles. The maximum atomic E-state index is 13.0. The van der Waals surface area contributed by atoms with Gasteiger partial charge in [0.2, 0.25) is 5.91 Å². The van der Waals surface area contributed by atoms with Crippen LogP contribution in [0.25, 0.3) is 0 Å². The Morgan fingerprint density at radius 1 is 1.04 bits per heavy atom. The molecule has 0 radical (unpaired) electrons. The number of carbonyl (C=O) groups is 2. The van der Waals surface area contributed by atoms with Gasteiger partial charge in [0, 0.05) is 18.8 Å². The van der Waals surface area contributed by atoms with Crippen LogP contribution in [0.15, 0.2) is 48.5 Å². The van der Waals surface area contributed by atoms with Gasteiger partial charge < -0.3 is 15.4 Å². The van der Waals surface area contributed by atoms with E-state index in [-0.39, 0.29) is 36.4 Å². The minimum atomic E-state index is -0.379. The van der Waals surface area contributed by atoms with Crippen molar-refractivity contribution in [3.63, 3.8) is 0 Å². The van der Waals surface area contributed by atoms with Crippen LogP contribution in [0.1, 0.15) is 24.2 Å². The monoisotopic (exact) mass is 385 g/mol. The van der Waals surface area contributed by atoms with Gasteiger partial charge in [-0.3, -0.25) is 14.5 Å². The standard InChI is InChI=1S/C21H24FN3O3/c1-14-11-25(12-15(2)28-14)13-20(26)24-19-6-4-3-5-18(19)21(27)23-17-9-7-16(22)8-10-17/h3-10,14-15H,11-13H2,1-2H3,(H,23,27)(H,24,26)/t14-,15+. The van der Waals surface area contributed by atoms with Crippen LogP contribution in [0.3, 0.4) is 0 Å². The van der Waals surface area contributed by atoms with Crippen LogP contribution in [0.2, 0.25) is 0 Å². The van der Waals surface area contributed by atoms with Gasteiger partial charge in [0.05, 0.1) is 30.0 Å². The maximum absolute atomic E-state index is 13.0. The Hall–Kier alpha value is -2.77. The summed E-state index contributed by atoms with van der Waals surface area (Å²) in [5.74, 6) is -0.947. The number of nitrogens with zero attached hydrogens (tertiary/aromatic N) is 1. The van der Waals surface area contributed by atoms with Crippen LogP contribution >= 0.6 is 0 Å². The van der Waals surface area contributed by atoms with E-state index >= 15 is 0 Å². The van der Waals surface area contributed by atoms with Crippen LogP contribution in [0.5, 0.6) is 0 Å². The van der Waals surface area contributed by atoms with Gasteiger partial charge in [-0.1, -0.05) is 12.1 Å². The molecule has 28 heavy (non-hydrogen) atoms. The smallest absolute Gasteiger partial charge is 0.257 e. The molecule has 0 unspecified atom stereocenters. The molecule has 7 heteroatoms. The molecule has 3 rings (SSSR count). The molecule has 2 N–H and O–H groups in total. The second-order valence-electron chi connectivity index (χ2n) is 7.01. The number of halogens is 1. The average molecular weight is 385 g/mol. The highest BCUT2D eigenvalue weighted by Crippen LogP contribution is 2.18. The van der Waals surface area contributed by atoms with Crippen LogP contribution in [-0.2, 0) is 9.53 Å². The lowest BCUT2D eigenvalue weighted by atomic mass is 10.1. The predicted octanol–water partition coefficient (Wildman–Crippen LogP) is 3.13. The lowest BCUT2D eigenvalue weighted by Gasteiger charge is -2.34. The zero-order valence-corrected chi connectivity index (χ0v) is 15.9. The molecule has 1 heterocycles. The zero-order chi connectivity index (χ0) is 20.1. The van der Waals surface area contributed by atoms with Crippen molar-refractivity contribution < 1.29 is 18.7 Å². The van der Waals surface area contributed by atoms with Crippen molar-refractivity contribution in [3.05, 3.63) is 59.9 Å². The van der Waals surface area contributed by atoms with E-state index in [2.05, 4.69) is 10.6 Å². The van der Waals surface area contributed by atoms with E-state index in [0.717, 1.165) is 0 Å². The Morgan fingerprint density at radius 2 is 1.68 bits per heavy atom. The highest BCUT2D eigenvalue weighted by atomic mass is 19.1. The number of amides is 2. The third-order valence-corrected chi connectivity index (χ3v) is 4.41. The normalized spacial score (nSPS) is 19.8. The summed E-state index contributed by atoms with van der Waals surface area (Å²) in [7, 11) is 0. The summed E-state index contributed by atoms with van der Waals surface area (Å²) < 4.78 is 18.7. The number of carbonyl (C=O) groups excluding carboxylic acids is 2. The van der Waals surface area contributed by atoms with Gasteiger partial charge >= 0.3 is 0 Å². The molecule has 1 saturated heterocycles. The number of benzene rings is 2. The van der Waals surface area contributed by atoms with Crippen LogP contribution in [0, 0.1) is 5.82 Å². The summed E-state index contributed by atoms with van der Waals surface area (Å²) in [4.78, 5) is 27.1. The van der Waals surface area contributed by atoms with Crippen molar-refractivity contribution in [2.75, 3.05) is 30.3 Å². The van der Waals surface area contributed by atoms with E-state index in [4.69, 9.17) is 4.74 Å². The summed E-state index contributed by atoms with van der Waals surface area (Å²) in [5.41, 5.74) is 1.24. The molecule has 6 nitrogen and oxygen atoms in total. The fourth-order valence-electron chi connectivity index (χ4n) is 3.33. The van der Waals surface area contributed by atoms with Gasteiger partial charge in [-0.25, -0.2) is 4.39 Å². The second-order valence-corrected chi connectivity index (χ2v) is 7.01. The lowest BCUT2D eigenvalue weighted by Crippen LogP contribution is -2.48. The highest BCUT2D eigenvalue weighted by molar-refractivity contribution is 6.10. The summed E-state index contributed by atoms with van der Waals surface area (Å²) in [6, 6.07) is 12.3. The predicted molar refractivity (Wildman–Crippen MR) is 106 cm³/mol. The third kappa shape index (κ3) is 5.37. The fourth-order valence-corrected chi connectivity index (χ4v) is 3.33. The topological polar surface area (TPSA) is 70.7 Å². The third-order valence-electron chi connectivity index (χ3n) is 4.41. The van der Waals surface area contributed by atoms with Crippen LogP contribution < -0.4 is 10.6 Å². The molecule has 0 saturated carbocycles. The lowest BCUT2D eigenvalue weighted by molar-refractivity contribution is -0.121. The Bertz CT molecular complexity index is 831. The molecule has 1 aliphatic rings. The maximum Gasteiger partial charge on any atom is 0.257 e. The molecule has 148 valence electrons. The van der Waals surface area contributed by atoms with Gasteiger partial charge in [-0.2, -0.15) is 0 Å². The van der Waals surface area contributed by atoms with Crippen molar-refractivity contribution in [2.45, 2.75) is 26.1 Å². The largest absolute Gasteiger partial charge is 0.373 e. The molecule has 0 aromatic heterocycles. The first-order valence-corrected chi connectivity index (χ1v) is 9.24. The Balaban J connectivity index is 1.65. The van der Waals surface area contributed by atoms with Gasteiger partial charge in [0.1, 0.15) is 5.82 Å². The Labute approximate surface area is 163 Å². The van der Waals surface area contributed by atoms with E-state index in [0.29, 0.717) is 30.0 Å². The van der Waals surface area contributed by atoms with Gasteiger partial charge in [-0.15, -0.1) is 0 Å². The highest BCUT2D eigenvalue weighted by Gasteiger charge is 2.24. The van der Waals surface area contributed by atoms with Crippen molar-refractivity contribution in [3.8, 4) is 0 Å². The zero-order valence-electron chi connectivity index (χ0n) is 15.9.